The van der Waals surface area contributed by atoms with Crippen molar-refractivity contribution in [2.45, 2.75) is 38.1 Å². The highest BCUT2D eigenvalue weighted by Crippen LogP contribution is 2.18. The lowest BCUT2D eigenvalue weighted by Crippen LogP contribution is -2.39. The molecule has 2 N–H and O–H groups in total. The summed E-state index contributed by atoms with van der Waals surface area (Å²) in [7, 11) is 0. The molecule has 0 radical (unpaired) electrons. The Kier molecular flexibility index (Phi) is 4.12. The van der Waals surface area contributed by atoms with E-state index in [9.17, 15) is 13.6 Å². The second-order valence-corrected chi connectivity index (χ2v) is 4.56. The first-order chi connectivity index (χ1) is 8.65. The number of urea groups is 1. The molecule has 1 aliphatic carbocycles. The smallest absolute Gasteiger partial charge is 0.319 e. The van der Waals surface area contributed by atoms with E-state index in [1.165, 1.54) is 6.42 Å². The highest BCUT2D eigenvalue weighted by atomic mass is 19.1. The molecule has 0 saturated heterocycles. The van der Waals surface area contributed by atoms with Crippen LogP contribution in [0.1, 0.15) is 32.1 Å². The Balaban J connectivity index is 1.92. The number of amides is 2. The van der Waals surface area contributed by atoms with Crippen molar-refractivity contribution in [3.8, 4) is 0 Å². The van der Waals surface area contributed by atoms with Gasteiger partial charge in [-0.05, 0) is 25.0 Å². The molecule has 0 spiro atoms. The van der Waals surface area contributed by atoms with Crippen molar-refractivity contribution < 1.29 is 13.6 Å². The summed E-state index contributed by atoms with van der Waals surface area (Å²) in [5.74, 6) is -1.22. The summed E-state index contributed by atoms with van der Waals surface area (Å²) in [6.45, 7) is 0. The van der Waals surface area contributed by atoms with Crippen LogP contribution in [0.15, 0.2) is 18.2 Å². The molecule has 18 heavy (non-hydrogen) atoms. The molecule has 1 fully saturated rings. The molecule has 1 aliphatic rings. The second-order valence-electron chi connectivity index (χ2n) is 4.56. The van der Waals surface area contributed by atoms with E-state index in [-0.39, 0.29) is 11.7 Å². The first kappa shape index (κ1) is 12.8. The van der Waals surface area contributed by atoms with Gasteiger partial charge in [0.15, 0.2) is 0 Å². The molecule has 5 heteroatoms. The van der Waals surface area contributed by atoms with Crippen LogP contribution in [0.4, 0.5) is 19.3 Å². The average molecular weight is 254 g/mol. The quantitative estimate of drug-likeness (QED) is 0.834. The van der Waals surface area contributed by atoms with Crippen LogP contribution in [0.25, 0.3) is 0 Å². The molecule has 0 heterocycles. The largest absolute Gasteiger partial charge is 0.335 e. The van der Waals surface area contributed by atoms with Crippen LogP contribution in [-0.4, -0.2) is 12.1 Å². The highest BCUT2D eigenvalue weighted by molar-refractivity contribution is 5.89. The number of carbonyl (C=O) groups excluding carboxylic acids is 1. The Morgan fingerprint density at radius 2 is 1.89 bits per heavy atom. The zero-order chi connectivity index (χ0) is 13.0. The maximum absolute atomic E-state index is 13.3. The number of carbonyl (C=O) groups is 1. The van der Waals surface area contributed by atoms with E-state index >= 15 is 0 Å². The van der Waals surface area contributed by atoms with Crippen LogP contribution in [-0.2, 0) is 0 Å². The zero-order valence-electron chi connectivity index (χ0n) is 10.0. The van der Waals surface area contributed by atoms with Gasteiger partial charge in [-0.2, -0.15) is 0 Å². The number of anilines is 1. The minimum atomic E-state index is -0.643. The molecule has 2 amide bonds. The minimum absolute atomic E-state index is 0.135. The first-order valence-corrected chi connectivity index (χ1v) is 6.18. The molecule has 1 aromatic rings. The van der Waals surface area contributed by atoms with E-state index in [1.807, 2.05) is 0 Å². The van der Waals surface area contributed by atoms with Gasteiger partial charge < -0.3 is 10.6 Å². The lowest BCUT2D eigenvalue weighted by Gasteiger charge is -2.22. The van der Waals surface area contributed by atoms with Gasteiger partial charge in [0.1, 0.15) is 11.6 Å². The Bertz CT molecular complexity index is 431. The van der Waals surface area contributed by atoms with Crippen molar-refractivity contribution in [2.24, 2.45) is 0 Å². The van der Waals surface area contributed by atoms with Gasteiger partial charge in [0.05, 0.1) is 5.69 Å². The standard InChI is InChI=1S/C13H16F2N2O/c14-9-6-7-11(15)12(8-9)17-13(18)16-10-4-2-1-3-5-10/h6-8,10H,1-5H2,(H2,16,17,18). The van der Waals surface area contributed by atoms with E-state index in [2.05, 4.69) is 10.6 Å². The Morgan fingerprint density at radius 3 is 2.61 bits per heavy atom. The topological polar surface area (TPSA) is 41.1 Å². The van der Waals surface area contributed by atoms with Crippen LogP contribution >= 0.6 is 0 Å². The van der Waals surface area contributed by atoms with Gasteiger partial charge in [0.2, 0.25) is 0 Å². The van der Waals surface area contributed by atoms with Gasteiger partial charge in [0, 0.05) is 12.1 Å². The molecular weight excluding hydrogens is 238 g/mol. The highest BCUT2D eigenvalue weighted by Gasteiger charge is 2.16. The van der Waals surface area contributed by atoms with Crippen molar-refractivity contribution in [1.29, 1.82) is 0 Å². The maximum atomic E-state index is 13.3. The molecule has 0 atom stereocenters. The van der Waals surface area contributed by atoms with Crippen molar-refractivity contribution in [3.63, 3.8) is 0 Å². The Hall–Kier alpha value is -1.65. The third-order valence-corrected chi connectivity index (χ3v) is 3.12. The van der Waals surface area contributed by atoms with Crippen molar-refractivity contribution in [2.75, 3.05) is 5.32 Å². The average Bonchev–Trinajstić information content (AvgIpc) is 2.35. The second kappa shape index (κ2) is 5.80. The fourth-order valence-electron chi connectivity index (χ4n) is 2.18. The van der Waals surface area contributed by atoms with E-state index in [4.69, 9.17) is 0 Å². The number of hydrogen-bond acceptors (Lipinski definition) is 1. The van der Waals surface area contributed by atoms with Crippen molar-refractivity contribution in [1.82, 2.24) is 5.32 Å². The summed E-state index contributed by atoms with van der Waals surface area (Å²) in [4.78, 5) is 11.6. The van der Waals surface area contributed by atoms with Gasteiger partial charge in [-0.1, -0.05) is 19.3 Å². The summed E-state index contributed by atoms with van der Waals surface area (Å²) in [5.41, 5.74) is -0.136. The molecule has 2 rings (SSSR count). The molecule has 1 aromatic carbocycles. The molecular formula is C13H16F2N2O. The van der Waals surface area contributed by atoms with Gasteiger partial charge in [-0.15, -0.1) is 0 Å². The fourth-order valence-corrected chi connectivity index (χ4v) is 2.18. The van der Waals surface area contributed by atoms with Crippen molar-refractivity contribution >= 4 is 11.7 Å². The first-order valence-electron chi connectivity index (χ1n) is 6.18. The van der Waals surface area contributed by atoms with Crippen LogP contribution in [0.5, 0.6) is 0 Å². The number of rotatable bonds is 2. The van der Waals surface area contributed by atoms with Crippen LogP contribution in [0.2, 0.25) is 0 Å². The Labute approximate surface area is 105 Å². The predicted octanol–water partition coefficient (Wildman–Crippen LogP) is 3.42. The van der Waals surface area contributed by atoms with E-state index in [0.717, 1.165) is 43.9 Å². The minimum Gasteiger partial charge on any atom is -0.335 e. The lowest BCUT2D eigenvalue weighted by atomic mass is 9.96. The van der Waals surface area contributed by atoms with Gasteiger partial charge in [-0.3, -0.25) is 0 Å². The summed E-state index contributed by atoms with van der Waals surface area (Å²) in [5, 5.41) is 5.11. The van der Waals surface area contributed by atoms with Crippen LogP contribution in [0, 0.1) is 11.6 Å². The monoisotopic (exact) mass is 254 g/mol. The Morgan fingerprint density at radius 1 is 1.17 bits per heavy atom. The van der Waals surface area contributed by atoms with Gasteiger partial charge in [-0.25, -0.2) is 13.6 Å². The summed E-state index contributed by atoms with van der Waals surface area (Å²) < 4.78 is 26.2. The summed E-state index contributed by atoms with van der Waals surface area (Å²) >= 11 is 0. The SMILES string of the molecule is O=C(Nc1cc(F)ccc1F)NC1CCCCC1. The predicted molar refractivity (Wildman–Crippen MR) is 65.4 cm³/mol. The number of halogens is 2. The lowest BCUT2D eigenvalue weighted by molar-refractivity contribution is 0.244. The molecule has 98 valence electrons. The fraction of sp³-hybridized carbons (Fsp3) is 0.462. The zero-order valence-corrected chi connectivity index (χ0v) is 10.0. The number of hydrogen-bond donors (Lipinski definition) is 2. The van der Waals surface area contributed by atoms with Gasteiger partial charge >= 0.3 is 6.03 Å². The number of benzene rings is 1. The van der Waals surface area contributed by atoms with Crippen LogP contribution < -0.4 is 10.6 Å². The molecule has 0 unspecified atom stereocenters. The van der Waals surface area contributed by atoms with Crippen molar-refractivity contribution in [3.05, 3.63) is 29.8 Å². The normalized spacial score (nSPS) is 16.3. The van der Waals surface area contributed by atoms with E-state index < -0.39 is 17.7 Å². The van der Waals surface area contributed by atoms with Crippen LogP contribution in [0.3, 0.4) is 0 Å². The molecule has 0 aliphatic heterocycles. The van der Waals surface area contributed by atoms with Gasteiger partial charge in [0.25, 0.3) is 0 Å². The third-order valence-electron chi connectivity index (χ3n) is 3.12. The molecule has 0 aromatic heterocycles. The summed E-state index contributed by atoms with van der Waals surface area (Å²) in [6, 6.07) is 2.63. The molecule has 3 nitrogen and oxygen atoms in total. The molecule has 1 saturated carbocycles. The third kappa shape index (κ3) is 3.42. The molecule has 0 bridgehead atoms. The maximum Gasteiger partial charge on any atom is 0.319 e. The van der Waals surface area contributed by atoms with E-state index in [0.29, 0.717) is 0 Å². The number of nitrogens with one attached hydrogen (secondary N) is 2. The summed E-state index contributed by atoms with van der Waals surface area (Å²) in [6.07, 6.45) is 5.27. The van der Waals surface area contributed by atoms with E-state index in [1.54, 1.807) is 0 Å².